The minimum atomic E-state index is 0.632. The lowest BCUT2D eigenvalue weighted by Crippen LogP contribution is -2.00. The summed E-state index contributed by atoms with van der Waals surface area (Å²) in [6, 6.07) is 80.1. The van der Waals surface area contributed by atoms with Gasteiger partial charge in [-0.3, -0.25) is 0 Å². The standard InChI is InChI=1S/C59H37N5/c1-4-16-38(17-5-1)57-60-58(39-18-6-2-7-19-39)62-59(61-57)40-28-31-45(32-29-40)63-53-33-30-43(35-50(53)51-34-41-20-10-11-21-42(41)36-54(51)63)49-37-55-56(47-25-13-12-24-46(47)49)48-26-14-15-27-52(48)64(55)44-22-8-3-9-23-44/h1-37H. The Kier molecular flexibility index (Phi) is 8.15. The van der Waals surface area contributed by atoms with Crippen molar-refractivity contribution >= 4 is 65.2 Å². The van der Waals surface area contributed by atoms with Gasteiger partial charge in [-0.2, -0.15) is 0 Å². The largest absolute Gasteiger partial charge is 0.309 e. The number of hydrogen-bond acceptors (Lipinski definition) is 3. The Bertz CT molecular complexity index is 3870. The summed E-state index contributed by atoms with van der Waals surface area (Å²) in [5, 5.41) is 9.84. The second kappa shape index (κ2) is 14.5. The van der Waals surface area contributed by atoms with Crippen LogP contribution >= 0.6 is 0 Å². The van der Waals surface area contributed by atoms with Gasteiger partial charge in [0.15, 0.2) is 17.5 Å². The fourth-order valence-electron chi connectivity index (χ4n) is 9.77. The monoisotopic (exact) mass is 815 g/mol. The van der Waals surface area contributed by atoms with E-state index in [2.05, 4.69) is 173 Å². The summed E-state index contributed by atoms with van der Waals surface area (Å²) in [4.78, 5) is 14.9. The highest BCUT2D eigenvalue weighted by Crippen LogP contribution is 2.43. The summed E-state index contributed by atoms with van der Waals surface area (Å²) in [5.41, 5.74) is 12.1. The normalized spacial score (nSPS) is 11.8. The molecule has 298 valence electrons. The molecule has 0 aliphatic carbocycles. The van der Waals surface area contributed by atoms with Crippen LogP contribution < -0.4 is 0 Å². The van der Waals surface area contributed by atoms with Crippen molar-refractivity contribution in [2.45, 2.75) is 0 Å². The Hall–Kier alpha value is -8.67. The second-order valence-corrected chi connectivity index (χ2v) is 16.4. The van der Waals surface area contributed by atoms with E-state index < -0.39 is 0 Å². The summed E-state index contributed by atoms with van der Waals surface area (Å²) in [7, 11) is 0. The van der Waals surface area contributed by atoms with E-state index >= 15 is 0 Å². The summed E-state index contributed by atoms with van der Waals surface area (Å²) in [6.07, 6.45) is 0. The van der Waals surface area contributed by atoms with Crippen molar-refractivity contribution in [2.24, 2.45) is 0 Å². The first kappa shape index (κ1) is 36.0. The predicted octanol–water partition coefficient (Wildman–Crippen LogP) is 15.0. The van der Waals surface area contributed by atoms with Crippen LogP contribution in [0.5, 0.6) is 0 Å². The van der Waals surface area contributed by atoms with Crippen molar-refractivity contribution in [1.82, 2.24) is 24.1 Å². The molecule has 0 spiro atoms. The lowest BCUT2D eigenvalue weighted by molar-refractivity contribution is 1.07. The number of benzene rings is 10. The average Bonchev–Trinajstić information content (AvgIpc) is 3.88. The smallest absolute Gasteiger partial charge is 0.164 e. The highest BCUT2D eigenvalue weighted by molar-refractivity contribution is 6.25. The zero-order valence-electron chi connectivity index (χ0n) is 34.6. The molecule has 0 fully saturated rings. The van der Waals surface area contributed by atoms with Crippen LogP contribution in [0, 0.1) is 0 Å². The molecule has 3 heterocycles. The molecule has 5 nitrogen and oxygen atoms in total. The minimum Gasteiger partial charge on any atom is -0.309 e. The Morgan fingerprint density at radius 1 is 0.266 bits per heavy atom. The van der Waals surface area contributed by atoms with Crippen molar-refractivity contribution in [3.63, 3.8) is 0 Å². The molecule has 0 atom stereocenters. The Labute approximate surface area is 368 Å². The molecule has 0 bridgehead atoms. The molecule has 0 radical (unpaired) electrons. The van der Waals surface area contributed by atoms with Gasteiger partial charge in [0.1, 0.15) is 0 Å². The van der Waals surface area contributed by atoms with Gasteiger partial charge >= 0.3 is 0 Å². The number of rotatable bonds is 6. The first-order chi connectivity index (χ1) is 31.7. The van der Waals surface area contributed by atoms with E-state index in [4.69, 9.17) is 15.0 Å². The maximum atomic E-state index is 5.01. The Morgan fingerprint density at radius 2 is 0.734 bits per heavy atom. The zero-order chi connectivity index (χ0) is 42.1. The van der Waals surface area contributed by atoms with Crippen LogP contribution in [-0.4, -0.2) is 24.1 Å². The van der Waals surface area contributed by atoms with Gasteiger partial charge in [-0.15, -0.1) is 0 Å². The van der Waals surface area contributed by atoms with E-state index in [9.17, 15) is 0 Å². The molecule has 3 aromatic heterocycles. The van der Waals surface area contributed by atoms with E-state index in [-0.39, 0.29) is 0 Å². The van der Waals surface area contributed by atoms with Crippen LogP contribution in [0.1, 0.15) is 0 Å². The van der Waals surface area contributed by atoms with Gasteiger partial charge in [-0.05, 0) is 105 Å². The van der Waals surface area contributed by atoms with Crippen molar-refractivity contribution in [3.8, 4) is 56.7 Å². The van der Waals surface area contributed by atoms with Gasteiger partial charge in [-0.1, -0.05) is 152 Å². The van der Waals surface area contributed by atoms with Gasteiger partial charge in [-0.25, -0.2) is 15.0 Å². The van der Waals surface area contributed by atoms with E-state index in [0.29, 0.717) is 17.5 Å². The number of fused-ring (bicyclic) bond motifs is 9. The minimum absolute atomic E-state index is 0.632. The van der Waals surface area contributed by atoms with Crippen molar-refractivity contribution < 1.29 is 0 Å². The molecule has 0 aliphatic rings. The third kappa shape index (κ3) is 5.75. The van der Waals surface area contributed by atoms with E-state index in [1.54, 1.807) is 0 Å². The van der Waals surface area contributed by atoms with Crippen LogP contribution in [0.3, 0.4) is 0 Å². The molecule has 5 heteroatoms. The number of hydrogen-bond donors (Lipinski definition) is 0. The van der Waals surface area contributed by atoms with Crippen molar-refractivity contribution in [1.29, 1.82) is 0 Å². The predicted molar refractivity (Wildman–Crippen MR) is 265 cm³/mol. The maximum absolute atomic E-state index is 5.01. The van der Waals surface area contributed by atoms with Crippen molar-refractivity contribution in [3.05, 3.63) is 224 Å². The maximum Gasteiger partial charge on any atom is 0.164 e. The molecular weight excluding hydrogens is 779 g/mol. The quantitative estimate of drug-likeness (QED) is 0.168. The number of aromatic nitrogens is 5. The zero-order valence-corrected chi connectivity index (χ0v) is 34.6. The molecule has 13 aromatic rings. The second-order valence-electron chi connectivity index (χ2n) is 16.4. The van der Waals surface area contributed by atoms with Crippen molar-refractivity contribution in [2.75, 3.05) is 0 Å². The Balaban J connectivity index is 1.00. The van der Waals surface area contributed by atoms with Gasteiger partial charge in [0.25, 0.3) is 0 Å². The fraction of sp³-hybridized carbons (Fsp3) is 0. The van der Waals surface area contributed by atoms with Gasteiger partial charge < -0.3 is 9.13 Å². The Morgan fingerprint density at radius 3 is 1.41 bits per heavy atom. The third-order valence-corrected chi connectivity index (χ3v) is 12.7. The molecule has 0 saturated heterocycles. The molecule has 64 heavy (non-hydrogen) atoms. The van der Waals surface area contributed by atoms with Gasteiger partial charge in [0, 0.05) is 49.6 Å². The molecule has 13 rings (SSSR count). The summed E-state index contributed by atoms with van der Waals surface area (Å²) in [6.45, 7) is 0. The van der Waals surface area contributed by atoms with Crippen LogP contribution in [0.25, 0.3) is 122 Å². The van der Waals surface area contributed by atoms with Gasteiger partial charge in [0.2, 0.25) is 0 Å². The van der Waals surface area contributed by atoms with E-state index in [1.165, 1.54) is 65.3 Å². The van der Waals surface area contributed by atoms with Crippen LogP contribution in [0.15, 0.2) is 224 Å². The highest BCUT2D eigenvalue weighted by Gasteiger charge is 2.20. The summed E-state index contributed by atoms with van der Waals surface area (Å²) < 4.78 is 4.82. The molecule has 0 unspecified atom stereocenters. The number of nitrogens with zero attached hydrogens (tertiary/aromatic N) is 5. The lowest BCUT2D eigenvalue weighted by atomic mass is 9.94. The molecule has 0 aliphatic heterocycles. The van der Waals surface area contributed by atoms with Crippen LogP contribution in [0.2, 0.25) is 0 Å². The van der Waals surface area contributed by atoms with E-state index in [1.807, 2.05) is 60.7 Å². The first-order valence-corrected chi connectivity index (χ1v) is 21.7. The van der Waals surface area contributed by atoms with Crippen LogP contribution in [-0.2, 0) is 0 Å². The number of para-hydroxylation sites is 2. The van der Waals surface area contributed by atoms with E-state index in [0.717, 1.165) is 39.1 Å². The van der Waals surface area contributed by atoms with Gasteiger partial charge in [0.05, 0.1) is 22.1 Å². The first-order valence-electron chi connectivity index (χ1n) is 21.7. The lowest BCUT2D eigenvalue weighted by Gasteiger charge is -2.13. The molecular formula is C59H37N5. The SMILES string of the molecule is c1ccc(-c2nc(-c3ccccc3)nc(-c3ccc(-n4c5ccc(-c6cc7c(c8ccccc68)c6ccccc6n7-c6ccccc6)cc5c5cc6ccccc6cc54)cc3)n2)cc1. The molecule has 0 N–H and O–H groups in total. The van der Waals surface area contributed by atoms with Crippen LogP contribution in [0.4, 0.5) is 0 Å². The molecule has 0 saturated carbocycles. The fourth-order valence-corrected chi connectivity index (χ4v) is 9.77. The summed E-state index contributed by atoms with van der Waals surface area (Å²) in [5.74, 6) is 1.92. The summed E-state index contributed by atoms with van der Waals surface area (Å²) >= 11 is 0. The molecule has 10 aromatic carbocycles. The average molecular weight is 816 g/mol. The highest BCUT2D eigenvalue weighted by atomic mass is 15.0. The molecule has 0 amide bonds. The topological polar surface area (TPSA) is 48.5 Å². The third-order valence-electron chi connectivity index (χ3n) is 12.7.